The van der Waals surface area contributed by atoms with E-state index in [1.54, 1.807) is 4.90 Å². The maximum Gasteiger partial charge on any atom is 0.247 e. The lowest BCUT2D eigenvalue weighted by Gasteiger charge is -2.28. The minimum absolute atomic E-state index is 0.142. The Labute approximate surface area is 271 Å². The molecule has 4 atom stereocenters. The molecule has 13 heteroatoms. The zero-order valence-electron chi connectivity index (χ0n) is 26.6. The van der Waals surface area contributed by atoms with Gasteiger partial charge in [-0.05, 0) is 36.9 Å². The van der Waals surface area contributed by atoms with Crippen molar-refractivity contribution >= 4 is 29.6 Å². The molecule has 0 radical (unpaired) electrons. The maximum atomic E-state index is 13.8. The molecular formula is C33H49N9O4. The van der Waals surface area contributed by atoms with E-state index in [1.807, 2.05) is 67.6 Å². The smallest absolute Gasteiger partial charge is 0.247 e. The van der Waals surface area contributed by atoms with Gasteiger partial charge >= 0.3 is 0 Å². The summed E-state index contributed by atoms with van der Waals surface area (Å²) in [4.78, 5) is 59.8. The van der Waals surface area contributed by atoms with Crippen LogP contribution >= 0.6 is 0 Å². The molecule has 1 heterocycles. The van der Waals surface area contributed by atoms with Crippen molar-refractivity contribution in [3.8, 4) is 0 Å². The number of carbonyl (C=O) groups excluding carboxylic acids is 4. The van der Waals surface area contributed by atoms with Crippen molar-refractivity contribution in [2.75, 3.05) is 32.7 Å². The van der Waals surface area contributed by atoms with Gasteiger partial charge in [-0.25, -0.2) is 0 Å². The van der Waals surface area contributed by atoms with Crippen LogP contribution < -0.4 is 38.5 Å². The van der Waals surface area contributed by atoms with Crippen LogP contribution in [0, 0.1) is 0 Å². The maximum absolute atomic E-state index is 13.8. The summed E-state index contributed by atoms with van der Waals surface area (Å²) in [6.07, 6.45) is 2.99. The number of amides is 4. The van der Waals surface area contributed by atoms with Crippen molar-refractivity contribution in [2.24, 2.45) is 22.2 Å². The average molecular weight is 636 g/mol. The molecule has 1 aliphatic rings. The number of nitrogens with one attached hydrogen (secondary N) is 4. The van der Waals surface area contributed by atoms with Crippen molar-refractivity contribution in [1.29, 1.82) is 0 Å². The molecule has 1 fully saturated rings. The summed E-state index contributed by atoms with van der Waals surface area (Å²) >= 11 is 0. The van der Waals surface area contributed by atoms with Gasteiger partial charge in [-0.1, -0.05) is 80.4 Å². The summed E-state index contributed by atoms with van der Waals surface area (Å²) in [7, 11) is 0. The second kappa shape index (κ2) is 19.1. The molecule has 2 aromatic carbocycles. The first-order valence-electron chi connectivity index (χ1n) is 16.0. The standard InChI is InChI=1S/C33H49N9O4/c1-2-3-15-26(30(44)41-28(22-38-33(35)36)32(46)42-18-10-16-37-17-19-42)39-31(45)27(21-24-13-8-5-9-14-24)40-29(43)25(34)20-23-11-6-4-7-12-23/h4-9,11-14,25-28,37H,2-3,10,15-22,34H2,1H3,(H,39,45)(H,40,43)(H,41,44)(H4,35,36,38)/t25-,26-,27-,28-/m1/s1. The van der Waals surface area contributed by atoms with Crippen LogP contribution in [0.15, 0.2) is 65.7 Å². The second-order valence-electron chi connectivity index (χ2n) is 11.5. The number of aliphatic imine (C=N–C) groups is 1. The Hall–Kier alpha value is -4.49. The van der Waals surface area contributed by atoms with Crippen molar-refractivity contribution in [3.05, 3.63) is 71.8 Å². The molecular weight excluding hydrogens is 586 g/mol. The molecule has 4 amide bonds. The first-order valence-corrected chi connectivity index (χ1v) is 16.0. The zero-order chi connectivity index (χ0) is 33.3. The van der Waals surface area contributed by atoms with Gasteiger partial charge in [0.25, 0.3) is 0 Å². The van der Waals surface area contributed by atoms with Gasteiger partial charge in [-0.15, -0.1) is 0 Å². The van der Waals surface area contributed by atoms with Crippen molar-refractivity contribution in [2.45, 2.75) is 69.6 Å². The third-order valence-corrected chi connectivity index (χ3v) is 7.75. The van der Waals surface area contributed by atoms with Gasteiger partial charge in [0.2, 0.25) is 23.6 Å². The summed E-state index contributed by atoms with van der Waals surface area (Å²) in [5.74, 6) is -2.06. The van der Waals surface area contributed by atoms with Gasteiger partial charge in [0, 0.05) is 26.1 Å². The van der Waals surface area contributed by atoms with Crippen LogP contribution in [0.25, 0.3) is 0 Å². The summed E-state index contributed by atoms with van der Waals surface area (Å²) in [5, 5.41) is 11.7. The van der Waals surface area contributed by atoms with Gasteiger partial charge in [-0.2, -0.15) is 0 Å². The van der Waals surface area contributed by atoms with Crippen molar-refractivity contribution < 1.29 is 19.2 Å². The Bertz CT molecular complexity index is 1280. The lowest BCUT2D eigenvalue weighted by molar-refractivity contribution is -0.137. The van der Waals surface area contributed by atoms with E-state index in [0.29, 0.717) is 38.9 Å². The fourth-order valence-corrected chi connectivity index (χ4v) is 5.19. The van der Waals surface area contributed by atoms with E-state index in [-0.39, 0.29) is 24.8 Å². The highest BCUT2D eigenvalue weighted by molar-refractivity contribution is 5.95. The molecule has 0 spiro atoms. The van der Waals surface area contributed by atoms with Gasteiger partial charge in [-0.3, -0.25) is 24.2 Å². The van der Waals surface area contributed by atoms with Gasteiger partial charge < -0.3 is 43.4 Å². The number of hydrogen-bond donors (Lipinski definition) is 7. The lowest BCUT2D eigenvalue weighted by Crippen LogP contribution is -2.59. The number of nitrogens with two attached hydrogens (primary N) is 3. The molecule has 1 saturated heterocycles. The highest BCUT2D eigenvalue weighted by Gasteiger charge is 2.32. The Morgan fingerprint density at radius 2 is 1.39 bits per heavy atom. The van der Waals surface area contributed by atoms with Crippen LogP contribution in [0.4, 0.5) is 0 Å². The van der Waals surface area contributed by atoms with E-state index < -0.39 is 41.9 Å². The summed E-state index contributed by atoms with van der Waals surface area (Å²) in [6, 6.07) is 14.8. The predicted octanol–water partition coefficient (Wildman–Crippen LogP) is -0.461. The Morgan fingerprint density at radius 1 is 0.804 bits per heavy atom. The number of unbranched alkanes of at least 4 members (excludes halogenated alkanes) is 1. The number of nitrogens with zero attached hydrogens (tertiary/aromatic N) is 2. The van der Waals surface area contributed by atoms with E-state index in [1.165, 1.54) is 0 Å². The fraction of sp³-hybridized carbons (Fsp3) is 0.485. The van der Waals surface area contributed by atoms with Gasteiger partial charge in [0.15, 0.2) is 5.96 Å². The summed E-state index contributed by atoms with van der Waals surface area (Å²) in [5.41, 5.74) is 19.0. The molecule has 13 nitrogen and oxygen atoms in total. The van der Waals surface area contributed by atoms with Crippen LogP contribution in [0.2, 0.25) is 0 Å². The normalized spacial score (nSPS) is 15.7. The molecule has 0 saturated carbocycles. The monoisotopic (exact) mass is 635 g/mol. The predicted molar refractivity (Wildman–Crippen MR) is 178 cm³/mol. The molecule has 250 valence electrons. The Balaban J connectivity index is 1.77. The van der Waals surface area contributed by atoms with Crippen LogP contribution in [0.3, 0.4) is 0 Å². The quantitative estimate of drug-likeness (QED) is 0.0946. The van der Waals surface area contributed by atoms with Crippen LogP contribution in [0.1, 0.15) is 43.7 Å². The lowest BCUT2D eigenvalue weighted by atomic mass is 10.0. The van der Waals surface area contributed by atoms with E-state index in [9.17, 15) is 19.2 Å². The number of hydrogen-bond acceptors (Lipinski definition) is 7. The third-order valence-electron chi connectivity index (χ3n) is 7.75. The number of guanidine groups is 1. The Morgan fingerprint density at radius 3 is 2.02 bits per heavy atom. The topological polar surface area (TPSA) is 210 Å². The van der Waals surface area contributed by atoms with Crippen LogP contribution in [-0.4, -0.2) is 91.4 Å². The number of carbonyl (C=O) groups is 4. The molecule has 2 aromatic rings. The van der Waals surface area contributed by atoms with E-state index in [0.717, 1.165) is 30.5 Å². The van der Waals surface area contributed by atoms with Crippen molar-refractivity contribution in [3.63, 3.8) is 0 Å². The van der Waals surface area contributed by atoms with E-state index in [2.05, 4.69) is 26.3 Å². The second-order valence-corrected chi connectivity index (χ2v) is 11.5. The molecule has 1 aliphatic heterocycles. The van der Waals surface area contributed by atoms with Crippen molar-refractivity contribution in [1.82, 2.24) is 26.2 Å². The molecule has 0 aromatic heterocycles. The Kier molecular flexibility index (Phi) is 15.0. The average Bonchev–Trinajstić information content (AvgIpc) is 3.35. The molecule has 0 bridgehead atoms. The van der Waals surface area contributed by atoms with Crippen LogP contribution in [0.5, 0.6) is 0 Å². The number of benzene rings is 2. The van der Waals surface area contributed by atoms with Crippen LogP contribution in [-0.2, 0) is 32.0 Å². The number of rotatable bonds is 16. The summed E-state index contributed by atoms with van der Waals surface area (Å²) < 4.78 is 0. The molecule has 3 rings (SSSR count). The minimum Gasteiger partial charge on any atom is -0.370 e. The first kappa shape index (κ1) is 36.0. The molecule has 0 aliphatic carbocycles. The zero-order valence-corrected chi connectivity index (χ0v) is 26.6. The first-order chi connectivity index (χ1) is 22.2. The molecule has 46 heavy (non-hydrogen) atoms. The van der Waals surface area contributed by atoms with E-state index >= 15 is 0 Å². The highest BCUT2D eigenvalue weighted by atomic mass is 16.2. The molecule has 10 N–H and O–H groups in total. The van der Waals surface area contributed by atoms with Gasteiger partial charge in [0.1, 0.15) is 18.1 Å². The highest BCUT2D eigenvalue weighted by Crippen LogP contribution is 2.09. The minimum atomic E-state index is -1.02. The fourth-order valence-electron chi connectivity index (χ4n) is 5.19. The SMILES string of the molecule is CCCC[C@@H](NC(=O)[C@@H](Cc1ccccc1)NC(=O)[C@H](N)Cc1ccccc1)C(=O)N[C@H](CN=C(N)N)C(=O)N1CCCNCC1. The van der Waals surface area contributed by atoms with Gasteiger partial charge in [0.05, 0.1) is 12.6 Å². The third kappa shape index (κ3) is 12.1. The molecule has 0 unspecified atom stereocenters. The summed E-state index contributed by atoms with van der Waals surface area (Å²) in [6.45, 7) is 4.27. The largest absolute Gasteiger partial charge is 0.370 e. The van der Waals surface area contributed by atoms with E-state index in [4.69, 9.17) is 17.2 Å².